The zero-order valence-electron chi connectivity index (χ0n) is 12.8. The van der Waals surface area contributed by atoms with E-state index >= 15 is 0 Å². The van der Waals surface area contributed by atoms with Gasteiger partial charge < -0.3 is 9.73 Å². The summed E-state index contributed by atoms with van der Waals surface area (Å²) >= 11 is 0. The molecule has 116 valence electrons. The van der Waals surface area contributed by atoms with Crippen molar-refractivity contribution >= 4 is 11.6 Å². The van der Waals surface area contributed by atoms with Crippen molar-refractivity contribution in [1.82, 2.24) is 9.88 Å². The molecule has 1 aromatic carbocycles. The SMILES string of the molecule is CCCN1CCC[C@H]1C(=O)Nc1cccc(-c2ncco2)c1. The second-order valence-electron chi connectivity index (χ2n) is 5.60. The first-order chi connectivity index (χ1) is 10.8. The van der Waals surface area contributed by atoms with Gasteiger partial charge >= 0.3 is 0 Å². The number of anilines is 1. The van der Waals surface area contributed by atoms with Gasteiger partial charge in [0.25, 0.3) is 0 Å². The number of hydrogen-bond donors (Lipinski definition) is 1. The van der Waals surface area contributed by atoms with Gasteiger partial charge in [0.2, 0.25) is 11.8 Å². The molecule has 5 nitrogen and oxygen atoms in total. The second-order valence-corrected chi connectivity index (χ2v) is 5.60. The largest absolute Gasteiger partial charge is 0.445 e. The zero-order valence-corrected chi connectivity index (χ0v) is 12.8. The zero-order chi connectivity index (χ0) is 15.4. The molecule has 1 aliphatic rings. The van der Waals surface area contributed by atoms with Crippen LogP contribution in [-0.2, 0) is 4.79 Å². The highest BCUT2D eigenvalue weighted by atomic mass is 16.3. The molecule has 3 rings (SSSR count). The van der Waals surface area contributed by atoms with Crippen molar-refractivity contribution in [3.05, 3.63) is 36.7 Å². The molecule has 1 aliphatic heterocycles. The highest BCUT2D eigenvalue weighted by Crippen LogP contribution is 2.23. The molecule has 1 atom stereocenters. The number of nitrogens with zero attached hydrogens (tertiary/aromatic N) is 2. The lowest BCUT2D eigenvalue weighted by Crippen LogP contribution is -2.39. The summed E-state index contributed by atoms with van der Waals surface area (Å²) in [7, 11) is 0. The molecule has 1 fully saturated rings. The van der Waals surface area contributed by atoms with E-state index in [4.69, 9.17) is 4.42 Å². The standard InChI is InChI=1S/C17H21N3O2/c1-2-9-20-10-4-7-15(20)16(21)19-14-6-3-5-13(12-14)17-18-8-11-22-17/h3,5-6,8,11-12,15H,2,4,7,9-10H2,1H3,(H,19,21)/t15-/m0/s1. The van der Waals surface area contributed by atoms with Gasteiger partial charge in [0.15, 0.2) is 0 Å². The minimum atomic E-state index is -0.00894. The van der Waals surface area contributed by atoms with Gasteiger partial charge in [-0.05, 0) is 50.6 Å². The highest BCUT2D eigenvalue weighted by Gasteiger charge is 2.29. The quantitative estimate of drug-likeness (QED) is 0.921. The maximum Gasteiger partial charge on any atom is 0.241 e. The van der Waals surface area contributed by atoms with E-state index in [1.54, 1.807) is 12.5 Å². The molecule has 0 bridgehead atoms. The summed E-state index contributed by atoms with van der Waals surface area (Å²) in [5.41, 5.74) is 1.64. The summed E-state index contributed by atoms with van der Waals surface area (Å²) in [6, 6.07) is 7.59. The minimum Gasteiger partial charge on any atom is -0.445 e. The Hall–Kier alpha value is -2.14. The van der Waals surface area contributed by atoms with Crippen LogP contribution in [0, 0.1) is 0 Å². The molecule has 0 aliphatic carbocycles. The molecule has 0 radical (unpaired) electrons. The number of rotatable bonds is 5. The van der Waals surface area contributed by atoms with E-state index in [0.717, 1.165) is 43.6 Å². The molecule has 0 spiro atoms. The minimum absolute atomic E-state index is 0.00894. The van der Waals surface area contributed by atoms with E-state index in [0.29, 0.717) is 5.89 Å². The van der Waals surface area contributed by atoms with Gasteiger partial charge in [0, 0.05) is 11.3 Å². The molecular formula is C17H21N3O2. The lowest BCUT2D eigenvalue weighted by Gasteiger charge is -2.23. The number of aromatic nitrogens is 1. The lowest BCUT2D eigenvalue weighted by atomic mass is 10.1. The first-order valence-electron chi connectivity index (χ1n) is 7.83. The maximum atomic E-state index is 12.5. The highest BCUT2D eigenvalue weighted by molar-refractivity contribution is 5.95. The molecule has 2 heterocycles. The molecule has 5 heteroatoms. The first-order valence-corrected chi connectivity index (χ1v) is 7.83. The van der Waals surface area contributed by atoms with Crippen LogP contribution in [0.3, 0.4) is 0 Å². The topological polar surface area (TPSA) is 58.4 Å². The fourth-order valence-electron chi connectivity index (χ4n) is 3.00. The van der Waals surface area contributed by atoms with Crippen LogP contribution >= 0.6 is 0 Å². The van der Waals surface area contributed by atoms with E-state index in [-0.39, 0.29) is 11.9 Å². The molecule has 22 heavy (non-hydrogen) atoms. The third-order valence-corrected chi connectivity index (χ3v) is 3.99. The Morgan fingerprint density at radius 1 is 1.50 bits per heavy atom. The third-order valence-electron chi connectivity index (χ3n) is 3.99. The summed E-state index contributed by atoms with van der Waals surface area (Å²) in [4.78, 5) is 18.9. The van der Waals surface area contributed by atoms with Crippen molar-refractivity contribution in [2.24, 2.45) is 0 Å². The van der Waals surface area contributed by atoms with Crippen LogP contribution in [0.1, 0.15) is 26.2 Å². The summed E-state index contributed by atoms with van der Waals surface area (Å²) in [6.07, 6.45) is 6.26. The van der Waals surface area contributed by atoms with Gasteiger partial charge in [0.1, 0.15) is 6.26 Å². The van der Waals surface area contributed by atoms with Gasteiger partial charge in [-0.15, -0.1) is 0 Å². The van der Waals surface area contributed by atoms with Crippen molar-refractivity contribution in [2.75, 3.05) is 18.4 Å². The number of oxazole rings is 1. The van der Waals surface area contributed by atoms with Crippen molar-refractivity contribution in [3.8, 4) is 11.5 Å². The fraction of sp³-hybridized carbons (Fsp3) is 0.412. The third kappa shape index (κ3) is 3.20. The van der Waals surface area contributed by atoms with Gasteiger partial charge in [-0.2, -0.15) is 0 Å². The Morgan fingerprint density at radius 3 is 3.18 bits per heavy atom. The van der Waals surface area contributed by atoms with Crippen molar-refractivity contribution in [3.63, 3.8) is 0 Å². The smallest absolute Gasteiger partial charge is 0.241 e. The Morgan fingerprint density at radius 2 is 2.41 bits per heavy atom. The van der Waals surface area contributed by atoms with E-state index in [1.165, 1.54) is 0 Å². The summed E-state index contributed by atoms with van der Waals surface area (Å²) in [6.45, 7) is 4.14. The van der Waals surface area contributed by atoms with Crippen molar-refractivity contribution in [1.29, 1.82) is 0 Å². The number of hydrogen-bond acceptors (Lipinski definition) is 4. The average molecular weight is 299 g/mol. The van der Waals surface area contributed by atoms with E-state index in [2.05, 4.69) is 22.1 Å². The molecule has 0 saturated carbocycles. The van der Waals surface area contributed by atoms with Crippen molar-refractivity contribution < 1.29 is 9.21 Å². The van der Waals surface area contributed by atoms with Crippen LogP contribution in [0.5, 0.6) is 0 Å². The number of carbonyl (C=O) groups is 1. The monoisotopic (exact) mass is 299 g/mol. The van der Waals surface area contributed by atoms with Crippen LogP contribution < -0.4 is 5.32 Å². The fourth-order valence-corrected chi connectivity index (χ4v) is 3.00. The normalized spacial score (nSPS) is 18.5. The van der Waals surface area contributed by atoms with Crippen molar-refractivity contribution in [2.45, 2.75) is 32.2 Å². The van der Waals surface area contributed by atoms with Crippen LogP contribution in [0.4, 0.5) is 5.69 Å². The van der Waals surface area contributed by atoms with Crippen LogP contribution in [-0.4, -0.2) is 34.9 Å². The van der Waals surface area contributed by atoms with Gasteiger partial charge in [-0.1, -0.05) is 13.0 Å². The lowest BCUT2D eigenvalue weighted by molar-refractivity contribution is -0.120. The summed E-state index contributed by atoms with van der Waals surface area (Å²) in [5.74, 6) is 0.639. The van der Waals surface area contributed by atoms with Gasteiger partial charge in [-0.25, -0.2) is 4.98 Å². The Bertz CT molecular complexity index is 625. The van der Waals surface area contributed by atoms with Crippen LogP contribution in [0.15, 0.2) is 41.1 Å². The molecule has 0 unspecified atom stereocenters. The van der Waals surface area contributed by atoms with E-state index < -0.39 is 0 Å². The van der Waals surface area contributed by atoms with E-state index in [1.807, 2.05) is 24.3 Å². The summed E-state index contributed by atoms with van der Waals surface area (Å²) in [5, 5.41) is 3.02. The number of amides is 1. The Kier molecular flexibility index (Phi) is 4.53. The van der Waals surface area contributed by atoms with Gasteiger partial charge in [-0.3, -0.25) is 9.69 Å². The molecule has 1 aromatic heterocycles. The average Bonchev–Trinajstić information content (AvgIpc) is 3.19. The van der Waals surface area contributed by atoms with Gasteiger partial charge in [0.05, 0.1) is 12.2 Å². The number of benzene rings is 1. The van der Waals surface area contributed by atoms with Crippen LogP contribution in [0.25, 0.3) is 11.5 Å². The molecular weight excluding hydrogens is 278 g/mol. The van der Waals surface area contributed by atoms with E-state index in [9.17, 15) is 4.79 Å². The maximum absolute atomic E-state index is 12.5. The number of nitrogens with one attached hydrogen (secondary N) is 1. The Balaban J connectivity index is 1.70. The molecule has 1 amide bonds. The number of carbonyl (C=O) groups excluding carboxylic acids is 1. The molecule has 1 N–H and O–H groups in total. The Labute approximate surface area is 130 Å². The molecule has 1 saturated heterocycles. The predicted molar refractivity (Wildman–Crippen MR) is 85.5 cm³/mol. The second kappa shape index (κ2) is 6.75. The first kappa shape index (κ1) is 14.8. The number of likely N-dealkylation sites (tertiary alicyclic amines) is 1. The molecule has 2 aromatic rings. The summed E-state index contributed by atoms with van der Waals surface area (Å²) < 4.78 is 5.30. The predicted octanol–water partition coefficient (Wildman–Crippen LogP) is 3.15. The van der Waals surface area contributed by atoms with Crippen LogP contribution in [0.2, 0.25) is 0 Å².